The number of halogens is 2. The molecule has 2 rings (SSSR count). The lowest BCUT2D eigenvalue weighted by Crippen LogP contribution is -1.95. The molecular formula is C12H7BrClN3. The molecule has 0 unspecified atom stereocenters. The minimum absolute atomic E-state index is 0.290. The van der Waals surface area contributed by atoms with Crippen molar-refractivity contribution in [2.45, 2.75) is 0 Å². The first-order valence-electron chi connectivity index (χ1n) is 4.78. The van der Waals surface area contributed by atoms with Crippen LogP contribution in [-0.2, 0) is 0 Å². The van der Waals surface area contributed by atoms with Crippen LogP contribution >= 0.6 is 27.5 Å². The molecule has 0 saturated carbocycles. The highest BCUT2D eigenvalue weighted by Gasteiger charge is 2.03. The van der Waals surface area contributed by atoms with Crippen molar-refractivity contribution in [1.29, 1.82) is 5.26 Å². The van der Waals surface area contributed by atoms with Gasteiger partial charge in [0, 0.05) is 4.47 Å². The Hall–Kier alpha value is -1.57. The summed E-state index contributed by atoms with van der Waals surface area (Å²) in [4.78, 5) is 4.10. The second kappa shape index (κ2) is 5.17. The molecule has 3 nitrogen and oxygen atoms in total. The quantitative estimate of drug-likeness (QED) is 0.849. The van der Waals surface area contributed by atoms with E-state index in [1.54, 1.807) is 6.07 Å². The summed E-state index contributed by atoms with van der Waals surface area (Å²) in [6.45, 7) is 0. The molecule has 84 valence electrons. The van der Waals surface area contributed by atoms with Gasteiger partial charge in [0.1, 0.15) is 11.0 Å². The summed E-state index contributed by atoms with van der Waals surface area (Å²) in [5, 5.41) is 12.2. The van der Waals surface area contributed by atoms with Crippen LogP contribution in [0.5, 0.6) is 0 Å². The summed E-state index contributed by atoms with van der Waals surface area (Å²) < 4.78 is 0.917. The monoisotopic (exact) mass is 307 g/mol. The maximum atomic E-state index is 8.83. The predicted octanol–water partition coefficient (Wildman–Crippen LogP) is 4.11. The molecule has 0 amide bonds. The third kappa shape index (κ3) is 2.96. The second-order valence-corrected chi connectivity index (χ2v) is 4.52. The van der Waals surface area contributed by atoms with Crippen molar-refractivity contribution in [3.8, 4) is 6.07 Å². The van der Waals surface area contributed by atoms with Crippen molar-refractivity contribution in [1.82, 2.24) is 4.98 Å². The summed E-state index contributed by atoms with van der Waals surface area (Å²) in [6.07, 6.45) is 0. The SMILES string of the molecule is N#Cc1cc(Cl)nc(Nc2ccccc2Br)c1. The standard InChI is InChI=1S/C12H7BrClN3/c13-9-3-1-2-4-10(9)16-12-6-8(7-15)5-11(14)17-12/h1-6H,(H,16,17). The predicted molar refractivity (Wildman–Crippen MR) is 71.4 cm³/mol. The van der Waals surface area contributed by atoms with E-state index >= 15 is 0 Å². The molecule has 0 aliphatic heterocycles. The number of nitriles is 1. The van der Waals surface area contributed by atoms with Crippen LogP contribution < -0.4 is 5.32 Å². The summed E-state index contributed by atoms with van der Waals surface area (Å²) in [6, 6.07) is 12.8. The maximum absolute atomic E-state index is 8.83. The molecule has 1 aromatic heterocycles. The van der Waals surface area contributed by atoms with Gasteiger partial charge in [0.15, 0.2) is 0 Å². The molecule has 0 spiro atoms. The smallest absolute Gasteiger partial charge is 0.133 e. The van der Waals surface area contributed by atoms with E-state index < -0.39 is 0 Å². The summed E-state index contributed by atoms with van der Waals surface area (Å²) >= 11 is 9.24. The zero-order valence-corrected chi connectivity index (χ0v) is 11.0. The number of benzene rings is 1. The topological polar surface area (TPSA) is 48.7 Å². The molecule has 0 bridgehead atoms. The van der Waals surface area contributed by atoms with Crippen LogP contribution in [0.2, 0.25) is 5.15 Å². The van der Waals surface area contributed by atoms with E-state index in [9.17, 15) is 0 Å². The normalized spacial score (nSPS) is 9.71. The van der Waals surface area contributed by atoms with Crippen molar-refractivity contribution in [3.63, 3.8) is 0 Å². The molecule has 0 radical (unpaired) electrons. The Morgan fingerprint density at radius 1 is 1.29 bits per heavy atom. The number of para-hydroxylation sites is 1. The fourth-order valence-corrected chi connectivity index (χ4v) is 1.92. The first-order valence-corrected chi connectivity index (χ1v) is 5.95. The average molecular weight is 309 g/mol. The lowest BCUT2D eigenvalue weighted by Gasteiger charge is -2.07. The Morgan fingerprint density at radius 2 is 2.06 bits per heavy atom. The number of hydrogen-bond acceptors (Lipinski definition) is 3. The van der Waals surface area contributed by atoms with Crippen LogP contribution in [0.15, 0.2) is 40.9 Å². The van der Waals surface area contributed by atoms with E-state index in [4.69, 9.17) is 16.9 Å². The molecular weight excluding hydrogens is 302 g/mol. The Balaban J connectivity index is 2.34. The molecule has 0 atom stereocenters. The van der Waals surface area contributed by atoms with Crippen LogP contribution in [0.1, 0.15) is 5.56 Å². The Morgan fingerprint density at radius 3 is 2.76 bits per heavy atom. The third-order valence-corrected chi connectivity index (χ3v) is 2.94. The van der Waals surface area contributed by atoms with Gasteiger partial charge < -0.3 is 5.32 Å². The fraction of sp³-hybridized carbons (Fsp3) is 0. The fourth-order valence-electron chi connectivity index (χ4n) is 1.33. The van der Waals surface area contributed by atoms with E-state index in [1.807, 2.05) is 30.3 Å². The molecule has 17 heavy (non-hydrogen) atoms. The van der Waals surface area contributed by atoms with Crippen LogP contribution in [0, 0.1) is 11.3 Å². The number of pyridine rings is 1. The van der Waals surface area contributed by atoms with Crippen molar-refractivity contribution in [3.05, 3.63) is 51.6 Å². The van der Waals surface area contributed by atoms with Gasteiger partial charge in [-0.2, -0.15) is 5.26 Å². The highest BCUT2D eigenvalue weighted by Crippen LogP contribution is 2.25. The summed E-state index contributed by atoms with van der Waals surface area (Å²) in [7, 11) is 0. The lowest BCUT2D eigenvalue weighted by molar-refractivity contribution is 1.29. The first kappa shape index (κ1) is 11.9. The molecule has 1 aromatic carbocycles. The highest BCUT2D eigenvalue weighted by molar-refractivity contribution is 9.10. The van der Waals surface area contributed by atoms with Gasteiger partial charge in [-0.05, 0) is 40.2 Å². The van der Waals surface area contributed by atoms with Crippen LogP contribution in [0.25, 0.3) is 0 Å². The Kier molecular flexibility index (Phi) is 3.62. The van der Waals surface area contributed by atoms with Gasteiger partial charge in [-0.25, -0.2) is 4.98 Å². The minimum Gasteiger partial charge on any atom is -0.339 e. The number of nitrogens with zero attached hydrogens (tertiary/aromatic N) is 2. The van der Waals surface area contributed by atoms with Crippen molar-refractivity contribution < 1.29 is 0 Å². The molecule has 5 heteroatoms. The zero-order valence-electron chi connectivity index (χ0n) is 8.61. The van der Waals surface area contributed by atoms with Gasteiger partial charge in [0.2, 0.25) is 0 Å². The van der Waals surface area contributed by atoms with E-state index in [0.29, 0.717) is 16.5 Å². The van der Waals surface area contributed by atoms with Crippen molar-refractivity contribution in [2.75, 3.05) is 5.32 Å². The molecule has 1 heterocycles. The van der Waals surface area contributed by atoms with Crippen LogP contribution in [0.4, 0.5) is 11.5 Å². The van der Waals surface area contributed by atoms with E-state index in [2.05, 4.69) is 26.2 Å². The van der Waals surface area contributed by atoms with Gasteiger partial charge in [0.05, 0.1) is 17.3 Å². The number of rotatable bonds is 2. The van der Waals surface area contributed by atoms with Gasteiger partial charge in [-0.3, -0.25) is 0 Å². The number of hydrogen-bond donors (Lipinski definition) is 1. The zero-order chi connectivity index (χ0) is 12.3. The van der Waals surface area contributed by atoms with Crippen molar-refractivity contribution in [2.24, 2.45) is 0 Å². The number of nitrogens with one attached hydrogen (secondary N) is 1. The molecule has 0 aliphatic rings. The van der Waals surface area contributed by atoms with Crippen LogP contribution in [-0.4, -0.2) is 4.98 Å². The summed E-state index contributed by atoms with van der Waals surface area (Å²) in [5.41, 5.74) is 1.34. The van der Waals surface area contributed by atoms with E-state index in [-0.39, 0.29) is 0 Å². The van der Waals surface area contributed by atoms with E-state index in [0.717, 1.165) is 10.2 Å². The van der Waals surface area contributed by atoms with E-state index in [1.165, 1.54) is 6.07 Å². The molecule has 0 aliphatic carbocycles. The first-order chi connectivity index (χ1) is 8.19. The Bertz CT molecular complexity index is 593. The maximum Gasteiger partial charge on any atom is 0.133 e. The average Bonchev–Trinajstić information content (AvgIpc) is 2.31. The second-order valence-electron chi connectivity index (χ2n) is 3.28. The van der Waals surface area contributed by atoms with Gasteiger partial charge in [-0.15, -0.1) is 0 Å². The van der Waals surface area contributed by atoms with Gasteiger partial charge in [-0.1, -0.05) is 23.7 Å². The summed E-state index contributed by atoms with van der Waals surface area (Å²) in [5.74, 6) is 0.543. The van der Waals surface area contributed by atoms with Gasteiger partial charge >= 0.3 is 0 Å². The van der Waals surface area contributed by atoms with Gasteiger partial charge in [0.25, 0.3) is 0 Å². The molecule has 2 aromatic rings. The molecule has 0 fully saturated rings. The number of anilines is 2. The highest BCUT2D eigenvalue weighted by atomic mass is 79.9. The minimum atomic E-state index is 0.290. The lowest BCUT2D eigenvalue weighted by atomic mass is 10.2. The molecule has 1 N–H and O–H groups in total. The largest absolute Gasteiger partial charge is 0.339 e. The van der Waals surface area contributed by atoms with Crippen LogP contribution in [0.3, 0.4) is 0 Å². The Labute approximate surface area is 112 Å². The van der Waals surface area contributed by atoms with Crippen molar-refractivity contribution >= 4 is 39.0 Å². The number of aromatic nitrogens is 1. The molecule has 0 saturated heterocycles. The third-order valence-electron chi connectivity index (χ3n) is 2.06.